The summed E-state index contributed by atoms with van der Waals surface area (Å²) in [5, 5.41) is 0. The van der Waals surface area contributed by atoms with E-state index in [9.17, 15) is 0 Å². The molecule has 6 rings (SSSR count). The molecule has 1 aromatic rings. The molecule has 2 nitrogen and oxygen atoms in total. The fourth-order valence-electron chi connectivity index (χ4n) is 6.68. The van der Waals surface area contributed by atoms with Crippen molar-refractivity contribution >= 4 is 11.1 Å². The van der Waals surface area contributed by atoms with Crippen LogP contribution in [0.5, 0.6) is 0 Å². The highest BCUT2D eigenvalue weighted by molar-refractivity contribution is 5.76. The van der Waals surface area contributed by atoms with Gasteiger partial charge in [0.25, 0.3) is 0 Å². The molecular weight excluding hydrogens is 460 g/mol. The molecule has 2 aliphatic heterocycles. The standard InChI is InChI=1S/C32H38N2.2C2H6/c1-33-17-3-5-31(33)20-23-7-8-29-21-27(14-13-26(29)19-23)24-9-11-25(12-10-24)28-15-16-30(22-28)32-6-4-18-34(32)2;2*1-2/h7-16,19,29,31-32H,3-6,17-18,20-22H2,1-2H3;2*1-2H3. The summed E-state index contributed by atoms with van der Waals surface area (Å²) >= 11 is 0. The number of likely N-dealkylation sites (N-methyl/N-ethyl adjacent to an activating group) is 1. The second-order valence-corrected chi connectivity index (χ2v) is 11.1. The van der Waals surface area contributed by atoms with Gasteiger partial charge in [0, 0.05) is 18.0 Å². The van der Waals surface area contributed by atoms with Crippen LogP contribution in [0.4, 0.5) is 0 Å². The summed E-state index contributed by atoms with van der Waals surface area (Å²) in [6.07, 6.45) is 25.5. The van der Waals surface area contributed by atoms with Crippen LogP contribution in [0.15, 0.2) is 83.5 Å². The van der Waals surface area contributed by atoms with Crippen LogP contribution < -0.4 is 0 Å². The van der Waals surface area contributed by atoms with Crippen molar-refractivity contribution in [3.8, 4) is 0 Å². The first-order chi connectivity index (χ1) is 18.6. The van der Waals surface area contributed by atoms with E-state index in [0.29, 0.717) is 12.0 Å². The van der Waals surface area contributed by atoms with E-state index in [2.05, 4.69) is 90.7 Å². The summed E-state index contributed by atoms with van der Waals surface area (Å²) in [7, 11) is 4.55. The minimum absolute atomic E-state index is 0.525. The molecule has 2 heterocycles. The number of fused-ring (bicyclic) bond motifs is 1. The zero-order valence-electron chi connectivity index (χ0n) is 24.8. The van der Waals surface area contributed by atoms with Gasteiger partial charge in [0.1, 0.15) is 0 Å². The lowest BCUT2D eigenvalue weighted by Crippen LogP contribution is -2.26. The minimum atomic E-state index is 0.525. The molecule has 38 heavy (non-hydrogen) atoms. The molecule has 1 aromatic carbocycles. The maximum absolute atomic E-state index is 2.53. The second kappa shape index (κ2) is 13.6. The van der Waals surface area contributed by atoms with Crippen molar-refractivity contribution < 1.29 is 0 Å². The van der Waals surface area contributed by atoms with Crippen LogP contribution in [-0.4, -0.2) is 49.1 Å². The van der Waals surface area contributed by atoms with E-state index < -0.39 is 0 Å². The summed E-state index contributed by atoms with van der Waals surface area (Å²) in [5.41, 5.74) is 10.3. The summed E-state index contributed by atoms with van der Waals surface area (Å²) in [4.78, 5) is 5.05. The molecule has 0 aromatic heterocycles. The molecule has 3 unspecified atom stereocenters. The Morgan fingerprint density at radius 1 is 0.763 bits per heavy atom. The zero-order valence-corrected chi connectivity index (χ0v) is 24.8. The highest BCUT2D eigenvalue weighted by Crippen LogP contribution is 2.38. The molecule has 0 spiro atoms. The molecule has 3 atom stereocenters. The smallest absolute Gasteiger partial charge is 0.0311 e. The molecule has 2 saturated heterocycles. The number of benzene rings is 1. The Morgan fingerprint density at radius 2 is 1.42 bits per heavy atom. The molecule has 0 radical (unpaired) electrons. The van der Waals surface area contributed by atoms with Crippen LogP contribution in [0.2, 0.25) is 0 Å². The third-order valence-corrected chi connectivity index (χ3v) is 8.85. The van der Waals surface area contributed by atoms with Crippen LogP contribution >= 0.6 is 0 Å². The van der Waals surface area contributed by atoms with Gasteiger partial charge in [-0.25, -0.2) is 0 Å². The van der Waals surface area contributed by atoms with E-state index in [1.54, 1.807) is 5.57 Å². The van der Waals surface area contributed by atoms with Crippen molar-refractivity contribution in [3.05, 3.63) is 94.6 Å². The molecule has 0 bridgehead atoms. The third kappa shape index (κ3) is 6.41. The van der Waals surface area contributed by atoms with E-state index in [4.69, 9.17) is 0 Å². The fourth-order valence-corrected chi connectivity index (χ4v) is 6.68. The van der Waals surface area contributed by atoms with E-state index in [1.165, 1.54) is 78.6 Å². The Balaban J connectivity index is 0.000000804. The normalized spacial score (nSPS) is 26.7. The second-order valence-electron chi connectivity index (χ2n) is 11.1. The number of hydrogen-bond acceptors (Lipinski definition) is 2. The lowest BCUT2D eigenvalue weighted by molar-refractivity contribution is 0.310. The largest absolute Gasteiger partial charge is 0.303 e. The first-order valence-corrected chi connectivity index (χ1v) is 15.3. The Kier molecular flexibility index (Phi) is 10.2. The Labute approximate surface area is 233 Å². The molecular formula is C36H50N2. The van der Waals surface area contributed by atoms with Crippen LogP contribution in [0, 0.1) is 5.92 Å². The van der Waals surface area contributed by atoms with Crippen LogP contribution in [0.1, 0.15) is 83.8 Å². The van der Waals surface area contributed by atoms with Crippen molar-refractivity contribution in [1.29, 1.82) is 0 Å². The van der Waals surface area contributed by atoms with Gasteiger partial charge in [-0.1, -0.05) is 94.5 Å². The first-order valence-electron chi connectivity index (χ1n) is 15.3. The van der Waals surface area contributed by atoms with Crippen LogP contribution in [0.25, 0.3) is 11.1 Å². The first kappa shape index (κ1) is 28.6. The highest BCUT2D eigenvalue weighted by atomic mass is 15.1. The highest BCUT2D eigenvalue weighted by Gasteiger charge is 2.27. The summed E-state index contributed by atoms with van der Waals surface area (Å²) in [6, 6.07) is 10.7. The van der Waals surface area contributed by atoms with Gasteiger partial charge in [-0.05, 0) is 111 Å². The van der Waals surface area contributed by atoms with Gasteiger partial charge >= 0.3 is 0 Å². The average molecular weight is 511 g/mol. The number of likely N-dealkylation sites (tertiary alicyclic amines) is 2. The Hall–Kier alpha value is -2.42. The summed E-state index contributed by atoms with van der Waals surface area (Å²) in [5.74, 6) is 0.525. The van der Waals surface area contributed by atoms with E-state index in [1.807, 2.05) is 27.7 Å². The lowest BCUT2D eigenvalue weighted by Gasteiger charge is -2.26. The molecule has 0 saturated carbocycles. The molecule has 0 amide bonds. The maximum Gasteiger partial charge on any atom is 0.0311 e. The topological polar surface area (TPSA) is 6.48 Å². The predicted molar refractivity (Wildman–Crippen MR) is 167 cm³/mol. The van der Waals surface area contributed by atoms with E-state index in [-0.39, 0.29) is 0 Å². The Morgan fingerprint density at radius 3 is 2.08 bits per heavy atom. The lowest BCUT2D eigenvalue weighted by atomic mass is 9.80. The monoisotopic (exact) mass is 510 g/mol. The van der Waals surface area contributed by atoms with E-state index in [0.717, 1.165) is 18.9 Å². The molecule has 3 aliphatic carbocycles. The fraction of sp³-hybridized carbons (Fsp3) is 0.500. The van der Waals surface area contributed by atoms with Gasteiger partial charge in [0.2, 0.25) is 0 Å². The van der Waals surface area contributed by atoms with Crippen molar-refractivity contribution in [2.24, 2.45) is 5.92 Å². The van der Waals surface area contributed by atoms with Gasteiger partial charge in [-0.3, -0.25) is 4.90 Å². The van der Waals surface area contributed by atoms with Gasteiger partial charge in [-0.2, -0.15) is 0 Å². The Bertz CT molecular complexity index is 1120. The minimum Gasteiger partial charge on any atom is -0.303 e. The van der Waals surface area contributed by atoms with E-state index >= 15 is 0 Å². The molecule has 5 aliphatic rings. The molecule has 2 fully saturated rings. The quantitative estimate of drug-likeness (QED) is 0.390. The van der Waals surface area contributed by atoms with Crippen LogP contribution in [-0.2, 0) is 0 Å². The predicted octanol–water partition coefficient (Wildman–Crippen LogP) is 8.86. The zero-order chi connectivity index (χ0) is 27.1. The van der Waals surface area contributed by atoms with Crippen LogP contribution in [0.3, 0.4) is 0 Å². The van der Waals surface area contributed by atoms with Crippen molar-refractivity contribution in [1.82, 2.24) is 9.80 Å². The number of nitrogens with zero attached hydrogens (tertiary/aromatic N) is 2. The molecule has 204 valence electrons. The van der Waals surface area contributed by atoms with Crippen molar-refractivity contribution in [3.63, 3.8) is 0 Å². The van der Waals surface area contributed by atoms with Crippen molar-refractivity contribution in [2.75, 3.05) is 27.2 Å². The number of rotatable bonds is 5. The average Bonchev–Trinajstić information content (AvgIpc) is 3.72. The van der Waals surface area contributed by atoms with Gasteiger partial charge in [0.05, 0.1) is 0 Å². The summed E-state index contributed by atoms with van der Waals surface area (Å²) in [6.45, 7) is 10.5. The van der Waals surface area contributed by atoms with Crippen molar-refractivity contribution in [2.45, 2.75) is 84.7 Å². The summed E-state index contributed by atoms with van der Waals surface area (Å²) < 4.78 is 0. The van der Waals surface area contributed by atoms with Gasteiger partial charge < -0.3 is 4.90 Å². The third-order valence-electron chi connectivity index (χ3n) is 8.85. The molecule has 2 heteroatoms. The van der Waals surface area contributed by atoms with Gasteiger partial charge in [-0.15, -0.1) is 0 Å². The SMILES string of the molecule is CC.CC.CN1CCCC1CC1=CC2=CC=C(c3ccc(C4=CC=C(C5CCCN5C)C4)cc3)CC2C=C1. The maximum atomic E-state index is 2.53. The molecule has 0 N–H and O–H groups in total. The number of hydrogen-bond donors (Lipinski definition) is 0. The number of allylic oxidation sites excluding steroid dienone is 10. The van der Waals surface area contributed by atoms with Gasteiger partial charge in [0.15, 0.2) is 0 Å².